The van der Waals surface area contributed by atoms with Crippen LogP contribution in [0.25, 0.3) is 0 Å². The molecule has 2 aliphatic rings. The molecule has 2 saturated carbocycles. The highest BCUT2D eigenvalue weighted by Gasteiger charge is 2.36. The van der Waals surface area contributed by atoms with E-state index in [2.05, 4.69) is 6.92 Å². The topological polar surface area (TPSA) is 59.4 Å². The Kier molecular flexibility index (Phi) is 3.56. The molecule has 21 heavy (non-hydrogen) atoms. The molecule has 0 bridgehead atoms. The predicted molar refractivity (Wildman–Crippen MR) is 80.0 cm³/mol. The normalized spacial score (nSPS) is 24.9. The fourth-order valence-corrected chi connectivity index (χ4v) is 3.44. The van der Waals surface area contributed by atoms with Gasteiger partial charge in [-0.05, 0) is 37.2 Å². The summed E-state index contributed by atoms with van der Waals surface area (Å²) >= 11 is 0. The molecule has 1 amide bonds. The highest BCUT2D eigenvalue weighted by atomic mass is 35.7. The molecule has 2 fully saturated rings. The van der Waals surface area contributed by atoms with Crippen molar-refractivity contribution >= 4 is 25.6 Å². The summed E-state index contributed by atoms with van der Waals surface area (Å²) in [6.45, 7) is 2.90. The van der Waals surface area contributed by atoms with Crippen molar-refractivity contribution in [2.75, 3.05) is 13.6 Å². The van der Waals surface area contributed by atoms with Crippen LogP contribution in [0.1, 0.15) is 42.7 Å². The number of aromatic nitrogens is 1. The lowest BCUT2D eigenvalue weighted by atomic mass is 10.3. The lowest BCUT2D eigenvalue weighted by Gasteiger charge is -2.18. The molecule has 3 rings (SSSR count). The fourth-order valence-electron chi connectivity index (χ4n) is 2.70. The standard InChI is InChI=1S/C14H19ClN2O3S/c1-9-5-10(9)7-16(2)14(18)13-6-12(21(15,19)20)8-17(13)11-3-4-11/h6,8-11H,3-5,7H2,1-2H3. The van der Waals surface area contributed by atoms with Crippen LogP contribution in [0.2, 0.25) is 0 Å². The molecule has 2 atom stereocenters. The van der Waals surface area contributed by atoms with Crippen molar-refractivity contribution in [3.8, 4) is 0 Å². The van der Waals surface area contributed by atoms with E-state index in [1.807, 2.05) is 0 Å². The molecule has 0 spiro atoms. The molecule has 0 saturated heterocycles. The second-order valence-corrected chi connectivity index (χ2v) is 8.86. The van der Waals surface area contributed by atoms with Crippen molar-refractivity contribution in [3.05, 3.63) is 18.0 Å². The summed E-state index contributed by atoms with van der Waals surface area (Å²) in [7, 11) is 3.36. The first-order chi connectivity index (χ1) is 9.77. The molecule has 116 valence electrons. The second kappa shape index (κ2) is 5.02. The smallest absolute Gasteiger partial charge is 0.270 e. The molecule has 1 aromatic heterocycles. The lowest BCUT2D eigenvalue weighted by molar-refractivity contribution is 0.0776. The van der Waals surface area contributed by atoms with E-state index >= 15 is 0 Å². The van der Waals surface area contributed by atoms with Gasteiger partial charge in [-0.15, -0.1) is 0 Å². The minimum absolute atomic E-state index is 0.00704. The largest absolute Gasteiger partial charge is 0.340 e. The summed E-state index contributed by atoms with van der Waals surface area (Å²) in [4.78, 5) is 14.3. The highest BCUT2D eigenvalue weighted by Crippen LogP contribution is 2.39. The second-order valence-electron chi connectivity index (χ2n) is 6.30. The van der Waals surface area contributed by atoms with Gasteiger partial charge in [0.25, 0.3) is 15.0 Å². The molecule has 0 N–H and O–H groups in total. The van der Waals surface area contributed by atoms with Crippen molar-refractivity contribution in [1.29, 1.82) is 0 Å². The molecule has 5 nitrogen and oxygen atoms in total. The number of nitrogens with zero attached hydrogens (tertiary/aromatic N) is 2. The number of amides is 1. The van der Waals surface area contributed by atoms with E-state index in [1.165, 1.54) is 12.3 Å². The molecular weight excluding hydrogens is 312 g/mol. The third kappa shape index (κ3) is 3.11. The third-order valence-electron chi connectivity index (χ3n) is 4.40. The molecule has 2 aliphatic carbocycles. The molecule has 0 aliphatic heterocycles. The van der Waals surface area contributed by atoms with Crippen LogP contribution in [-0.4, -0.2) is 37.4 Å². The molecule has 2 unspecified atom stereocenters. The average Bonchev–Trinajstić information content (AvgIpc) is 3.29. The van der Waals surface area contributed by atoms with Crippen LogP contribution in [0.15, 0.2) is 17.2 Å². The van der Waals surface area contributed by atoms with Gasteiger partial charge in [0.15, 0.2) is 0 Å². The van der Waals surface area contributed by atoms with Gasteiger partial charge in [0.2, 0.25) is 0 Å². The third-order valence-corrected chi connectivity index (χ3v) is 5.72. The number of hydrogen-bond donors (Lipinski definition) is 0. The molecule has 7 heteroatoms. The number of hydrogen-bond acceptors (Lipinski definition) is 3. The van der Waals surface area contributed by atoms with Crippen LogP contribution < -0.4 is 0 Å². The van der Waals surface area contributed by atoms with Crippen LogP contribution in [-0.2, 0) is 9.05 Å². The quantitative estimate of drug-likeness (QED) is 0.779. The van der Waals surface area contributed by atoms with E-state index in [1.54, 1.807) is 16.5 Å². The zero-order valence-corrected chi connectivity index (χ0v) is 13.7. The summed E-state index contributed by atoms with van der Waals surface area (Å²) < 4.78 is 24.8. The van der Waals surface area contributed by atoms with E-state index in [9.17, 15) is 13.2 Å². The number of rotatable bonds is 5. The molecular formula is C14H19ClN2O3S. The predicted octanol–water partition coefficient (Wildman–Crippen LogP) is 2.48. The van der Waals surface area contributed by atoms with Gasteiger partial charge in [-0.2, -0.15) is 0 Å². The maximum absolute atomic E-state index is 12.6. The summed E-state index contributed by atoms with van der Waals surface area (Å²) in [5.74, 6) is 1.11. The van der Waals surface area contributed by atoms with Gasteiger partial charge in [-0.25, -0.2) is 8.42 Å². The zero-order valence-electron chi connectivity index (χ0n) is 12.1. The van der Waals surface area contributed by atoms with Crippen molar-refractivity contribution < 1.29 is 13.2 Å². The first-order valence-corrected chi connectivity index (χ1v) is 9.50. The van der Waals surface area contributed by atoms with Crippen molar-refractivity contribution in [2.45, 2.75) is 37.1 Å². The first kappa shape index (κ1) is 14.9. The SMILES string of the molecule is CC1CC1CN(C)C(=O)c1cc(S(=O)(=O)Cl)cn1C1CC1. The molecule has 0 aromatic carbocycles. The summed E-state index contributed by atoms with van der Waals surface area (Å²) in [6.07, 6.45) is 4.59. The van der Waals surface area contributed by atoms with E-state index in [4.69, 9.17) is 10.7 Å². The van der Waals surface area contributed by atoms with E-state index in [-0.39, 0.29) is 16.8 Å². The Labute approximate surface area is 129 Å². The first-order valence-electron chi connectivity index (χ1n) is 7.19. The Morgan fingerprint density at radius 3 is 2.57 bits per heavy atom. The molecule has 0 radical (unpaired) electrons. The number of carbonyl (C=O) groups is 1. The molecule has 1 aromatic rings. The zero-order chi connectivity index (χ0) is 15.4. The lowest BCUT2D eigenvalue weighted by Crippen LogP contribution is -2.30. The Hall–Kier alpha value is -1.01. The maximum Gasteiger partial charge on any atom is 0.270 e. The van der Waals surface area contributed by atoms with Crippen LogP contribution in [0.5, 0.6) is 0 Å². The number of carbonyl (C=O) groups excluding carboxylic acids is 1. The Bertz CT molecular complexity index is 678. The summed E-state index contributed by atoms with van der Waals surface area (Å²) in [5, 5.41) is 0. The van der Waals surface area contributed by atoms with Gasteiger partial charge in [-0.3, -0.25) is 4.79 Å². The van der Waals surface area contributed by atoms with Crippen molar-refractivity contribution in [2.24, 2.45) is 11.8 Å². The van der Waals surface area contributed by atoms with E-state index in [0.29, 0.717) is 17.5 Å². The van der Waals surface area contributed by atoms with Crippen LogP contribution in [0.4, 0.5) is 0 Å². The van der Waals surface area contributed by atoms with Crippen molar-refractivity contribution in [1.82, 2.24) is 9.47 Å². The Morgan fingerprint density at radius 2 is 2.10 bits per heavy atom. The van der Waals surface area contributed by atoms with Gasteiger partial charge in [0.05, 0.1) is 0 Å². The van der Waals surface area contributed by atoms with Gasteiger partial charge in [-0.1, -0.05) is 6.92 Å². The maximum atomic E-state index is 12.6. The minimum Gasteiger partial charge on any atom is -0.340 e. The number of halogens is 1. The average molecular weight is 331 g/mol. The van der Waals surface area contributed by atoms with Crippen LogP contribution in [0.3, 0.4) is 0 Å². The monoisotopic (exact) mass is 330 g/mol. The summed E-state index contributed by atoms with van der Waals surface area (Å²) in [5.41, 5.74) is 0.424. The van der Waals surface area contributed by atoms with Crippen LogP contribution >= 0.6 is 10.7 Å². The van der Waals surface area contributed by atoms with Crippen molar-refractivity contribution in [3.63, 3.8) is 0 Å². The van der Waals surface area contributed by atoms with Gasteiger partial charge in [0.1, 0.15) is 10.6 Å². The van der Waals surface area contributed by atoms with E-state index in [0.717, 1.165) is 25.8 Å². The highest BCUT2D eigenvalue weighted by molar-refractivity contribution is 8.13. The minimum atomic E-state index is -3.81. The summed E-state index contributed by atoms with van der Waals surface area (Å²) in [6, 6.07) is 1.62. The van der Waals surface area contributed by atoms with Gasteiger partial charge >= 0.3 is 0 Å². The molecule has 1 heterocycles. The van der Waals surface area contributed by atoms with Gasteiger partial charge < -0.3 is 9.47 Å². The van der Waals surface area contributed by atoms with Crippen LogP contribution in [0, 0.1) is 11.8 Å². The Balaban J connectivity index is 1.85. The van der Waals surface area contributed by atoms with Gasteiger partial charge in [0, 0.05) is 36.5 Å². The fraction of sp³-hybridized carbons (Fsp3) is 0.643. The Morgan fingerprint density at radius 1 is 1.48 bits per heavy atom. The van der Waals surface area contributed by atoms with E-state index < -0.39 is 9.05 Å².